The topological polar surface area (TPSA) is 61.5 Å². The van der Waals surface area contributed by atoms with E-state index in [1.807, 2.05) is 18.2 Å². The quantitative estimate of drug-likeness (QED) is 0.740. The zero-order valence-corrected chi connectivity index (χ0v) is 16.4. The Morgan fingerprint density at radius 1 is 1.14 bits per heavy atom. The Morgan fingerprint density at radius 3 is 2.68 bits per heavy atom. The number of aromatic amines is 1. The molecule has 1 atom stereocenters. The lowest BCUT2D eigenvalue weighted by molar-refractivity contribution is 0.122. The van der Waals surface area contributed by atoms with Crippen LogP contribution in [0.15, 0.2) is 53.3 Å². The normalized spacial score (nSPS) is 15.9. The zero-order chi connectivity index (χ0) is 19.5. The number of nitrogens with zero attached hydrogens (tertiary/aromatic N) is 3. The summed E-state index contributed by atoms with van der Waals surface area (Å²) in [7, 11) is 2.07. The monoisotopic (exact) mass is 378 g/mol. The first-order valence-corrected chi connectivity index (χ1v) is 9.73. The van der Waals surface area contributed by atoms with E-state index >= 15 is 0 Å². The van der Waals surface area contributed by atoms with Gasteiger partial charge in [0.2, 0.25) is 0 Å². The van der Waals surface area contributed by atoms with E-state index in [1.165, 1.54) is 11.3 Å². The summed E-state index contributed by atoms with van der Waals surface area (Å²) in [6, 6.07) is 15.9. The SMILES string of the molecule is C[C@H](c1nc2ccccc2c(=O)[nH]1)N(C)Cc1ccccc1N1CCOCC1. The maximum atomic E-state index is 12.4. The molecule has 28 heavy (non-hydrogen) atoms. The van der Waals surface area contributed by atoms with Crippen molar-refractivity contribution in [1.82, 2.24) is 14.9 Å². The highest BCUT2D eigenvalue weighted by atomic mass is 16.5. The molecule has 6 nitrogen and oxygen atoms in total. The number of ether oxygens (including phenoxy) is 1. The third kappa shape index (κ3) is 3.79. The molecule has 6 heteroatoms. The number of nitrogens with one attached hydrogen (secondary N) is 1. The number of para-hydroxylation sites is 2. The Kier molecular flexibility index (Phi) is 5.41. The molecule has 0 aliphatic carbocycles. The summed E-state index contributed by atoms with van der Waals surface area (Å²) in [4.78, 5) is 24.7. The molecule has 0 saturated carbocycles. The summed E-state index contributed by atoms with van der Waals surface area (Å²) in [5.41, 5.74) is 3.16. The summed E-state index contributed by atoms with van der Waals surface area (Å²) in [6.07, 6.45) is 0. The van der Waals surface area contributed by atoms with E-state index < -0.39 is 0 Å². The van der Waals surface area contributed by atoms with E-state index in [0.717, 1.165) is 38.4 Å². The van der Waals surface area contributed by atoms with Crippen LogP contribution >= 0.6 is 0 Å². The molecule has 3 aromatic rings. The van der Waals surface area contributed by atoms with Crippen molar-refractivity contribution in [2.24, 2.45) is 0 Å². The number of hydrogen-bond donors (Lipinski definition) is 1. The van der Waals surface area contributed by atoms with E-state index in [2.05, 4.69) is 58.0 Å². The summed E-state index contributed by atoms with van der Waals surface area (Å²) in [5.74, 6) is 0.690. The third-order valence-corrected chi connectivity index (χ3v) is 5.45. The van der Waals surface area contributed by atoms with Crippen LogP contribution in [0.25, 0.3) is 10.9 Å². The van der Waals surface area contributed by atoms with Crippen LogP contribution in [0.2, 0.25) is 0 Å². The van der Waals surface area contributed by atoms with E-state index in [4.69, 9.17) is 4.74 Å². The van der Waals surface area contributed by atoms with E-state index in [9.17, 15) is 4.79 Å². The number of H-pyrrole nitrogens is 1. The van der Waals surface area contributed by atoms with Crippen molar-refractivity contribution in [1.29, 1.82) is 0 Å². The Bertz CT molecular complexity index is 1010. The molecule has 0 spiro atoms. The molecule has 1 N–H and O–H groups in total. The van der Waals surface area contributed by atoms with Gasteiger partial charge < -0.3 is 14.6 Å². The molecule has 2 heterocycles. The lowest BCUT2D eigenvalue weighted by Gasteiger charge is -2.32. The molecule has 1 aliphatic heterocycles. The fourth-order valence-corrected chi connectivity index (χ4v) is 3.67. The van der Waals surface area contributed by atoms with Gasteiger partial charge in [0.25, 0.3) is 5.56 Å². The van der Waals surface area contributed by atoms with Crippen LogP contribution in [0.4, 0.5) is 5.69 Å². The van der Waals surface area contributed by atoms with Gasteiger partial charge in [0.15, 0.2) is 0 Å². The van der Waals surface area contributed by atoms with Crippen LogP contribution < -0.4 is 10.5 Å². The van der Waals surface area contributed by atoms with Crippen LogP contribution in [0.1, 0.15) is 24.4 Å². The molecule has 1 saturated heterocycles. The first kappa shape index (κ1) is 18.7. The molecular formula is C22H26N4O2. The van der Waals surface area contributed by atoms with Crippen molar-refractivity contribution in [3.8, 4) is 0 Å². The predicted octanol–water partition coefficient (Wildman–Crippen LogP) is 2.95. The minimum Gasteiger partial charge on any atom is -0.378 e. The van der Waals surface area contributed by atoms with Gasteiger partial charge in [-0.05, 0) is 37.7 Å². The van der Waals surface area contributed by atoms with Crippen molar-refractivity contribution in [2.45, 2.75) is 19.5 Å². The van der Waals surface area contributed by atoms with Gasteiger partial charge >= 0.3 is 0 Å². The average Bonchev–Trinajstić information content (AvgIpc) is 2.74. The van der Waals surface area contributed by atoms with Gasteiger partial charge in [-0.3, -0.25) is 9.69 Å². The van der Waals surface area contributed by atoms with Crippen LogP contribution in [0, 0.1) is 0 Å². The first-order chi connectivity index (χ1) is 13.6. The molecule has 1 fully saturated rings. The van der Waals surface area contributed by atoms with Crippen molar-refractivity contribution in [2.75, 3.05) is 38.3 Å². The molecule has 2 aromatic carbocycles. The van der Waals surface area contributed by atoms with Crippen molar-refractivity contribution < 1.29 is 4.74 Å². The van der Waals surface area contributed by atoms with E-state index in [1.54, 1.807) is 6.07 Å². The van der Waals surface area contributed by atoms with Gasteiger partial charge in [-0.15, -0.1) is 0 Å². The van der Waals surface area contributed by atoms with Gasteiger partial charge in [0, 0.05) is 25.3 Å². The Balaban J connectivity index is 1.57. The highest BCUT2D eigenvalue weighted by molar-refractivity contribution is 5.77. The van der Waals surface area contributed by atoms with Crippen molar-refractivity contribution in [3.63, 3.8) is 0 Å². The van der Waals surface area contributed by atoms with E-state index in [-0.39, 0.29) is 11.6 Å². The van der Waals surface area contributed by atoms with E-state index in [0.29, 0.717) is 11.2 Å². The van der Waals surface area contributed by atoms with Gasteiger partial charge in [0.1, 0.15) is 5.82 Å². The maximum absolute atomic E-state index is 12.4. The molecule has 0 unspecified atom stereocenters. The van der Waals surface area contributed by atoms with Gasteiger partial charge in [0.05, 0.1) is 30.2 Å². The zero-order valence-electron chi connectivity index (χ0n) is 16.4. The number of hydrogen-bond acceptors (Lipinski definition) is 5. The summed E-state index contributed by atoms with van der Waals surface area (Å²) >= 11 is 0. The van der Waals surface area contributed by atoms with Crippen LogP contribution in [-0.4, -0.2) is 48.2 Å². The number of morpholine rings is 1. The summed E-state index contributed by atoms with van der Waals surface area (Å²) < 4.78 is 5.49. The molecule has 146 valence electrons. The first-order valence-electron chi connectivity index (χ1n) is 9.73. The molecule has 0 radical (unpaired) electrons. The van der Waals surface area contributed by atoms with Crippen LogP contribution in [-0.2, 0) is 11.3 Å². The highest BCUT2D eigenvalue weighted by Crippen LogP contribution is 2.25. The van der Waals surface area contributed by atoms with Gasteiger partial charge in [-0.1, -0.05) is 30.3 Å². The third-order valence-electron chi connectivity index (χ3n) is 5.45. The largest absolute Gasteiger partial charge is 0.378 e. The minimum atomic E-state index is -0.0884. The van der Waals surface area contributed by atoms with Crippen molar-refractivity contribution in [3.05, 3.63) is 70.3 Å². The fraction of sp³-hybridized carbons (Fsp3) is 0.364. The molecule has 1 aromatic heterocycles. The maximum Gasteiger partial charge on any atom is 0.258 e. The fourth-order valence-electron chi connectivity index (χ4n) is 3.67. The number of benzene rings is 2. The van der Waals surface area contributed by atoms with Crippen LogP contribution in [0.5, 0.6) is 0 Å². The number of anilines is 1. The van der Waals surface area contributed by atoms with Gasteiger partial charge in [-0.25, -0.2) is 4.98 Å². The molecule has 4 rings (SSSR count). The Labute approximate surface area is 164 Å². The second-order valence-corrected chi connectivity index (χ2v) is 7.29. The minimum absolute atomic E-state index is 0.0185. The molecule has 0 amide bonds. The highest BCUT2D eigenvalue weighted by Gasteiger charge is 2.19. The summed E-state index contributed by atoms with van der Waals surface area (Å²) in [6.45, 7) is 6.20. The Hall–Kier alpha value is -2.70. The number of rotatable bonds is 5. The lowest BCUT2D eigenvalue weighted by Crippen LogP contribution is -2.37. The lowest BCUT2D eigenvalue weighted by atomic mass is 10.1. The second kappa shape index (κ2) is 8.12. The van der Waals surface area contributed by atoms with Gasteiger partial charge in [-0.2, -0.15) is 0 Å². The molecule has 1 aliphatic rings. The van der Waals surface area contributed by atoms with Crippen LogP contribution in [0.3, 0.4) is 0 Å². The predicted molar refractivity (Wildman–Crippen MR) is 112 cm³/mol. The Morgan fingerprint density at radius 2 is 1.86 bits per heavy atom. The molecule has 0 bridgehead atoms. The molecular weight excluding hydrogens is 352 g/mol. The second-order valence-electron chi connectivity index (χ2n) is 7.29. The average molecular weight is 378 g/mol. The summed E-state index contributed by atoms with van der Waals surface area (Å²) in [5, 5.41) is 0.624. The smallest absolute Gasteiger partial charge is 0.258 e. The number of aromatic nitrogens is 2. The number of fused-ring (bicyclic) bond motifs is 1. The van der Waals surface area contributed by atoms with Crippen molar-refractivity contribution >= 4 is 16.6 Å². The standard InChI is InChI=1S/C22H26N4O2/c1-16(21-23-19-9-5-4-8-18(19)22(27)24-21)25(2)15-17-7-3-6-10-20(17)26-11-13-28-14-12-26/h3-10,16H,11-15H2,1-2H3,(H,23,24,27)/t16-/m1/s1.